The van der Waals surface area contributed by atoms with Crippen molar-refractivity contribution < 1.29 is 9.59 Å². The molecule has 0 saturated carbocycles. The molecule has 5 heteroatoms. The van der Waals surface area contributed by atoms with E-state index < -0.39 is 11.8 Å². The highest BCUT2D eigenvalue weighted by Gasteiger charge is 2.24. The molecule has 3 aromatic rings. The van der Waals surface area contributed by atoms with E-state index in [1.54, 1.807) is 24.4 Å². The molecule has 0 aliphatic heterocycles. The zero-order valence-corrected chi connectivity index (χ0v) is 14.4. The quantitative estimate of drug-likeness (QED) is 0.736. The lowest BCUT2D eigenvalue weighted by Crippen LogP contribution is -2.39. The van der Waals surface area contributed by atoms with Gasteiger partial charge in [-0.15, -0.1) is 0 Å². The lowest BCUT2D eigenvalue weighted by Gasteiger charge is -2.22. The number of hydrogen-bond donors (Lipinski definition) is 1. The summed E-state index contributed by atoms with van der Waals surface area (Å²) in [7, 11) is 0. The number of carbonyl (C=O) groups excluding carboxylic acids is 2. The van der Waals surface area contributed by atoms with E-state index in [1.165, 1.54) is 4.90 Å². The second-order valence-electron chi connectivity index (χ2n) is 5.89. The van der Waals surface area contributed by atoms with Gasteiger partial charge >= 0.3 is 11.8 Å². The first kappa shape index (κ1) is 17.4. The Morgan fingerprint density at radius 1 is 0.923 bits per heavy atom. The number of benzene rings is 2. The van der Waals surface area contributed by atoms with Crippen LogP contribution in [0.2, 0.25) is 0 Å². The fourth-order valence-electron chi connectivity index (χ4n) is 2.49. The Balaban J connectivity index is 1.82. The summed E-state index contributed by atoms with van der Waals surface area (Å²) in [5.74, 6) is -1.01. The largest absolute Gasteiger partial charge is 0.317 e. The standard InChI is InChI=1S/C21H19N3O2/c1-16-12-13-19(22-14-16)23-20(25)21(26)24(18-10-6-3-7-11-18)15-17-8-4-2-5-9-17/h2-14H,15H2,1H3,(H,22,23,25). The third-order valence-corrected chi connectivity index (χ3v) is 3.84. The van der Waals surface area contributed by atoms with Crippen LogP contribution in [0.3, 0.4) is 0 Å². The van der Waals surface area contributed by atoms with Crippen molar-refractivity contribution in [2.45, 2.75) is 13.5 Å². The molecule has 130 valence electrons. The fourth-order valence-corrected chi connectivity index (χ4v) is 2.49. The maximum atomic E-state index is 12.8. The smallest absolute Gasteiger partial charge is 0.302 e. The van der Waals surface area contributed by atoms with E-state index in [-0.39, 0.29) is 0 Å². The second kappa shape index (κ2) is 8.07. The number of anilines is 2. The zero-order chi connectivity index (χ0) is 18.4. The first-order valence-corrected chi connectivity index (χ1v) is 8.28. The molecule has 3 rings (SSSR count). The molecule has 0 fully saturated rings. The number of carbonyl (C=O) groups is 2. The molecule has 0 bridgehead atoms. The van der Waals surface area contributed by atoms with Gasteiger partial charge < -0.3 is 5.32 Å². The summed E-state index contributed by atoms with van der Waals surface area (Å²) in [6.45, 7) is 2.21. The van der Waals surface area contributed by atoms with Crippen LogP contribution in [0.25, 0.3) is 0 Å². The van der Waals surface area contributed by atoms with E-state index in [2.05, 4.69) is 10.3 Å². The Labute approximate surface area is 152 Å². The van der Waals surface area contributed by atoms with Gasteiger partial charge in [-0.1, -0.05) is 54.6 Å². The van der Waals surface area contributed by atoms with Gasteiger partial charge in [0.2, 0.25) is 0 Å². The first-order valence-electron chi connectivity index (χ1n) is 8.28. The third-order valence-electron chi connectivity index (χ3n) is 3.84. The average Bonchev–Trinajstić information content (AvgIpc) is 2.69. The summed E-state index contributed by atoms with van der Waals surface area (Å²) in [5.41, 5.74) is 2.57. The molecule has 1 heterocycles. The van der Waals surface area contributed by atoms with Gasteiger partial charge in [-0.3, -0.25) is 14.5 Å². The molecule has 26 heavy (non-hydrogen) atoms. The molecule has 0 radical (unpaired) electrons. The maximum Gasteiger partial charge on any atom is 0.317 e. The van der Waals surface area contributed by atoms with Crippen LogP contribution in [-0.4, -0.2) is 16.8 Å². The van der Waals surface area contributed by atoms with Crippen molar-refractivity contribution >= 4 is 23.3 Å². The van der Waals surface area contributed by atoms with E-state index in [1.807, 2.05) is 61.5 Å². The van der Waals surface area contributed by atoms with Crippen molar-refractivity contribution in [1.82, 2.24) is 4.98 Å². The molecule has 1 N–H and O–H groups in total. The van der Waals surface area contributed by atoms with Crippen LogP contribution in [0.4, 0.5) is 11.5 Å². The van der Waals surface area contributed by atoms with Gasteiger partial charge in [0.05, 0.1) is 6.54 Å². The predicted octanol–water partition coefficient (Wildman–Crippen LogP) is 3.56. The van der Waals surface area contributed by atoms with Crippen LogP contribution < -0.4 is 10.2 Å². The van der Waals surface area contributed by atoms with E-state index in [4.69, 9.17) is 0 Å². The summed E-state index contributed by atoms with van der Waals surface area (Å²) < 4.78 is 0. The van der Waals surface area contributed by atoms with Crippen LogP contribution in [0.15, 0.2) is 79.0 Å². The number of pyridine rings is 1. The van der Waals surface area contributed by atoms with E-state index in [9.17, 15) is 9.59 Å². The second-order valence-corrected chi connectivity index (χ2v) is 5.89. The highest BCUT2D eigenvalue weighted by molar-refractivity contribution is 6.44. The number of hydrogen-bond acceptors (Lipinski definition) is 3. The van der Waals surface area contributed by atoms with Crippen molar-refractivity contribution in [1.29, 1.82) is 0 Å². The molecule has 0 atom stereocenters. The molecule has 0 spiro atoms. The normalized spacial score (nSPS) is 10.2. The van der Waals surface area contributed by atoms with Gasteiger partial charge in [0.1, 0.15) is 5.82 Å². The third kappa shape index (κ3) is 4.33. The van der Waals surface area contributed by atoms with Crippen LogP contribution in [-0.2, 0) is 16.1 Å². The lowest BCUT2D eigenvalue weighted by atomic mass is 10.2. The molecule has 0 aliphatic carbocycles. The fraction of sp³-hybridized carbons (Fsp3) is 0.0952. The molecule has 2 aromatic carbocycles. The van der Waals surface area contributed by atoms with E-state index in [0.717, 1.165) is 11.1 Å². The molecule has 0 saturated heterocycles. The number of nitrogens with one attached hydrogen (secondary N) is 1. The van der Waals surface area contributed by atoms with Gasteiger partial charge in [-0.05, 0) is 36.2 Å². The Bertz CT molecular complexity index is 878. The van der Waals surface area contributed by atoms with E-state index in [0.29, 0.717) is 18.1 Å². The van der Waals surface area contributed by atoms with Crippen LogP contribution in [0, 0.1) is 6.92 Å². The lowest BCUT2D eigenvalue weighted by molar-refractivity contribution is -0.134. The highest BCUT2D eigenvalue weighted by Crippen LogP contribution is 2.18. The van der Waals surface area contributed by atoms with Crippen LogP contribution in [0.1, 0.15) is 11.1 Å². The minimum absolute atomic E-state index is 0.304. The number of para-hydroxylation sites is 1. The molecule has 2 amide bonds. The van der Waals surface area contributed by atoms with Crippen molar-refractivity contribution in [2.75, 3.05) is 10.2 Å². The Morgan fingerprint density at radius 3 is 2.19 bits per heavy atom. The minimum atomic E-state index is -0.721. The van der Waals surface area contributed by atoms with Crippen LogP contribution >= 0.6 is 0 Å². The molecule has 1 aromatic heterocycles. The van der Waals surface area contributed by atoms with E-state index >= 15 is 0 Å². The van der Waals surface area contributed by atoms with Gasteiger partial charge in [-0.2, -0.15) is 0 Å². The number of amides is 2. The maximum absolute atomic E-state index is 12.8. The molecule has 0 aliphatic rings. The molecule has 5 nitrogen and oxygen atoms in total. The summed E-state index contributed by atoms with van der Waals surface area (Å²) in [6, 6.07) is 22.2. The zero-order valence-electron chi connectivity index (χ0n) is 14.4. The first-order chi connectivity index (χ1) is 12.6. The number of nitrogens with zero attached hydrogens (tertiary/aromatic N) is 2. The number of aromatic nitrogens is 1. The van der Waals surface area contributed by atoms with Crippen molar-refractivity contribution in [2.24, 2.45) is 0 Å². The molecule has 0 unspecified atom stereocenters. The minimum Gasteiger partial charge on any atom is -0.302 e. The topological polar surface area (TPSA) is 62.3 Å². The monoisotopic (exact) mass is 345 g/mol. The van der Waals surface area contributed by atoms with Crippen molar-refractivity contribution in [3.8, 4) is 0 Å². The number of rotatable bonds is 4. The van der Waals surface area contributed by atoms with Crippen molar-refractivity contribution in [3.63, 3.8) is 0 Å². The molecular weight excluding hydrogens is 326 g/mol. The van der Waals surface area contributed by atoms with Gasteiger partial charge in [0.15, 0.2) is 0 Å². The molecular formula is C21H19N3O2. The number of aryl methyl sites for hydroxylation is 1. The predicted molar refractivity (Wildman–Crippen MR) is 102 cm³/mol. The van der Waals surface area contributed by atoms with Gasteiger partial charge in [-0.25, -0.2) is 4.98 Å². The van der Waals surface area contributed by atoms with Gasteiger partial charge in [0, 0.05) is 11.9 Å². The summed E-state index contributed by atoms with van der Waals surface area (Å²) in [5, 5.41) is 2.56. The van der Waals surface area contributed by atoms with Crippen LogP contribution in [0.5, 0.6) is 0 Å². The Morgan fingerprint density at radius 2 is 1.58 bits per heavy atom. The highest BCUT2D eigenvalue weighted by atomic mass is 16.2. The summed E-state index contributed by atoms with van der Waals surface area (Å²) >= 11 is 0. The average molecular weight is 345 g/mol. The Kier molecular flexibility index (Phi) is 5.39. The van der Waals surface area contributed by atoms with Gasteiger partial charge in [0.25, 0.3) is 0 Å². The van der Waals surface area contributed by atoms with Crippen molar-refractivity contribution in [3.05, 3.63) is 90.1 Å². The summed E-state index contributed by atoms with van der Waals surface area (Å²) in [6.07, 6.45) is 1.64. The Hall–Kier alpha value is -3.47. The SMILES string of the molecule is Cc1ccc(NC(=O)C(=O)N(Cc2ccccc2)c2ccccc2)nc1. The summed E-state index contributed by atoms with van der Waals surface area (Å²) in [4.78, 5) is 30.8.